The van der Waals surface area contributed by atoms with Gasteiger partial charge >= 0.3 is 0 Å². The van der Waals surface area contributed by atoms with Crippen molar-refractivity contribution in [3.05, 3.63) is 105 Å². The van der Waals surface area contributed by atoms with E-state index in [9.17, 15) is 19.3 Å². The summed E-state index contributed by atoms with van der Waals surface area (Å²) in [4.78, 5) is 28.2. The van der Waals surface area contributed by atoms with Crippen molar-refractivity contribution in [3.8, 4) is 5.69 Å². The maximum absolute atomic E-state index is 13.5. The molecule has 0 amide bonds. The van der Waals surface area contributed by atoms with Crippen LogP contribution in [0.5, 0.6) is 0 Å². The first-order valence-electron chi connectivity index (χ1n) is 8.67. The van der Waals surface area contributed by atoms with Crippen molar-refractivity contribution in [3.63, 3.8) is 0 Å². The molecule has 1 heterocycles. The van der Waals surface area contributed by atoms with E-state index in [0.29, 0.717) is 27.5 Å². The van der Waals surface area contributed by atoms with Crippen LogP contribution in [0.25, 0.3) is 16.6 Å². The average molecular weight is 407 g/mol. The Morgan fingerprint density at radius 3 is 2.52 bits per heavy atom. The van der Waals surface area contributed by atoms with E-state index >= 15 is 0 Å². The number of para-hydroxylation sites is 1. The van der Waals surface area contributed by atoms with Crippen molar-refractivity contribution in [1.82, 2.24) is 9.55 Å². The number of thioether (sulfide) groups is 1. The first-order valence-corrected chi connectivity index (χ1v) is 9.65. The summed E-state index contributed by atoms with van der Waals surface area (Å²) in [6, 6.07) is 18.9. The second-order valence-corrected chi connectivity index (χ2v) is 7.19. The number of halogens is 1. The molecular weight excluding hydrogens is 393 g/mol. The number of non-ortho nitro benzene ring substituents is 1. The van der Waals surface area contributed by atoms with Gasteiger partial charge in [0.1, 0.15) is 5.82 Å². The highest BCUT2D eigenvalue weighted by Crippen LogP contribution is 2.25. The SMILES string of the molecule is O=c1c2ccccc2nc(SCc2cccc(F)c2)n1-c1ccc([N+](=O)[O-])cc1. The zero-order valence-corrected chi connectivity index (χ0v) is 15.8. The van der Waals surface area contributed by atoms with Gasteiger partial charge in [0.15, 0.2) is 5.16 Å². The third kappa shape index (κ3) is 3.88. The highest BCUT2D eigenvalue weighted by molar-refractivity contribution is 7.98. The van der Waals surface area contributed by atoms with Crippen LogP contribution in [0.2, 0.25) is 0 Å². The summed E-state index contributed by atoms with van der Waals surface area (Å²) in [7, 11) is 0. The number of rotatable bonds is 5. The van der Waals surface area contributed by atoms with E-state index in [4.69, 9.17) is 0 Å². The second kappa shape index (κ2) is 7.84. The lowest BCUT2D eigenvalue weighted by Crippen LogP contribution is -2.21. The van der Waals surface area contributed by atoms with Crippen LogP contribution in [-0.4, -0.2) is 14.5 Å². The number of nitrogens with zero attached hydrogens (tertiary/aromatic N) is 3. The molecule has 3 aromatic carbocycles. The third-order valence-electron chi connectivity index (χ3n) is 4.32. The molecule has 0 spiro atoms. The molecule has 29 heavy (non-hydrogen) atoms. The van der Waals surface area contributed by atoms with Crippen molar-refractivity contribution < 1.29 is 9.31 Å². The third-order valence-corrected chi connectivity index (χ3v) is 5.33. The van der Waals surface area contributed by atoms with Gasteiger partial charge in [-0.25, -0.2) is 9.37 Å². The summed E-state index contributed by atoms with van der Waals surface area (Å²) in [6.45, 7) is 0. The van der Waals surface area contributed by atoms with E-state index in [2.05, 4.69) is 4.98 Å². The van der Waals surface area contributed by atoms with Gasteiger partial charge in [0, 0.05) is 17.9 Å². The lowest BCUT2D eigenvalue weighted by Gasteiger charge is -2.13. The Hall–Kier alpha value is -3.52. The van der Waals surface area contributed by atoms with E-state index < -0.39 is 4.92 Å². The zero-order chi connectivity index (χ0) is 20.4. The van der Waals surface area contributed by atoms with Gasteiger partial charge in [-0.1, -0.05) is 36.0 Å². The summed E-state index contributed by atoms with van der Waals surface area (Å²) < 4.78 is 14.9. The number of nitro groups is 1. The number of aromatic nitrogens is 2. The van der Waals surface area contributed by atoms with E-state index in [0.717, 1.165) is 5.56 Å². The minimum Gasteiger partial charge on any atom is -0.268 e. The monoisotopic (exact) mass is 407 g/mol. The molecule has 0 saturated heterocycles. The van der Waals surface area contributed by atoms with Gasteiger partial charge in [-0.15, -0.1) is 0 Å². The first kappa shape index (κ1) is 18.8. The van der Waals surface area contributed by atoms with Crippen molar-refractivity contribution in [2.45, 2.75) is 10.9 Å². The topological polar surface area (TPSA) is 78.0 Å². The highest BCUT2D eigenvalue weighted by Gasteiger charge is 2.15. The standard InChI is InChI=1S/C21H14FN3O3S/c22-15-5-3-4-14(12-15)13-29-21-23-19-7-2-1-6-18(19)20(26)24(21)16-8-10-17(11-9-16)25(27)28/h1-12H,13H2. The molecule has 0 aliphatic rings. The quantitative estimate of drug-likeness (QED) is 0.207. The smallest absolute Gasteiger partial charge is 0.268 e. The van der Waals surface area contributed by atoms with Gasteiger partial charge in [0.25, 0.3) is 11.2 Å². The van der Waals surface area contributed by atoms with Crippen molar-refractivity contribution in [2.24, 2.45) is 0 Å². The molecule has 8 heteroatoms. The maximum atomic E-state index is 13.5. The average Bonchev–Trinajstić information content (AvgIpc) is 2.72. The molecule has 144 valence electrons. The zero-order valence-electron chi connectivity index (χ0n) is 15.0. The fraction of sp³-hybridized carbons (Fsp3) is 0.0476. The molecule has 0 radical (unpaired) electrons. The molecule has 1 aromatic heterocycles. The minimum absolute atomic E-state index is 0.0653. The fourth-order valence-electron chi connectivity index (χ4n) is 2.93. The Bertz CT molecular complexity index is 1270. The van der Waals surface area contributed by atoms with Gasteiger partial charge < -0.3 is 0 Å². The molecule has 0 saturated carbocycles. The van der Waals surface area contributed by atoms with Crippen molar-refractivity contribution >= 4 is 28.4 Å². The number of benzene rings is 3. The molecule has 0 atom stereocenters. The Balaban J connectivity index is 1.82. The lowest BCUT2D eigenvalue weighted by atomic mass is 10.2. The Labute approximate surface area is 168 Å². The highest BCUT2D eigenvalue weighted by atomic mass is 32.2. The molecule has 6 nitrogen and oxygen atoms in total. The summed E-state index contributed by atoms with van der Waals surface area (Å²) >= 11 is 1.29. The first-order chi connectivity index (χ1) is 14.0. The largest absolute Gasteiger partial charge is 0.269 e. The van der Waals surface area contributed by atoms with Crippen LogP contribution >= 0.6 is 11.8 Å². The predicted octanol–water partition coefficient (Wildman–Crippen LogP) is 4.73. The van der Waals surface area contributed by atoms with Crippen LogP contribution in [-0.2, 0) is 5.75 Å². The van der Waals surface area contributed by atoms with Gasteiger partial charge in [0.05, 0.1) is 21.5 Å². The molecule has 0 fully saturated rings. The number of fused-ring (bicyclic) bond motifs is 1. The van der Waals surface area contributed by atoms with E-state index in [1.54, 1.807) is 36.4 Å². The predicted molar refractivity (Wildman–Crippen MR) is 110 cm³/mol. The Kier molecular flexibility index (Phi) is 5.09. The van der Waals surface area contributed by atoms with Crippen LogP contribution in [0.4, 0.5) is 10.1 Å². The van der Waals surface area contributed by atoms with Gasteiger partial charge in [0.2, 0.25) is 0 Å². The molecule has 0 bridgehead atoms. The summed E-state index contributed by atoms with van der Waals surface area (Å²) in [5.74, 6) is 0.0810. The molecule has 0 aliphatic carbocycles. The van der Waals surface area contributed by atoms with Crippen molar-refractivity contribution in [1.29, 1.82) is 0 Å². The Morgan fingerprint density at radius 2 is 1.79 bits per heavy atom. The molecule has 0 N–H and O–H groups in total. The van der Waals surface area contributed by atoms with E-state index in [-0.39, 0.29) is 17.1 Å². The van der Waals surface area contributed by atoms with Gasteiger partial charge in [-0.05, 0) is 42.0 Å². The van der Waals surface area contributed by atoms with Gasteiger partial charge in [-0.3, -0.25) is 19.5 Å². The summed E-state index contributed by atoms with van der Waals surface area (Å²) in [6.07, 6.45) is 0. The normalized spacial score (nSPS) is 10.9. The second-order valence-electron chi connectivity index (χ2n) is 6.24. The van der Waals surface area contributed by atoms with Crippen LogP contribution in [0, 0.1) is 15.9 Å². The number of nitro benzene ring substituents is 1. The van der Waals surface area contributed by atoms with E-state index in [1.807, 2.05) is 0 Å². The van der Waals surface area contributed by atoms with Crippen molar-refractivity contribution in [2.75, 3.05) is 0 Å². The van der Waals surface area contributed by atoms with Crippen LogP contribution in [0.3, 0.4) is 0 Å². The van der Waals surface area contributed by atoms with Crippen LogP contribution in [0.15, 0.2) is 82.7 Å². The summed E-state index contributed by atoms with van der Waals surface area (Å²) in [5, 5.41) is 11.8. The molecule has 4 aromatic rings. The van der Waals surface area contributed by atoms with E-state index in [1.165, 1.54) is 52.7 Å². The fourth-order valence-corrected chi connectivity index (χ4v) is 3.89. The lowest BCUT2D eigenvalue weighted by molar-refractivity contribution is -0.384. The van der Waals surface area contributed by atoms with Gasteiger partial charge in [-0.2, -0.15) is 0 Å². The maximum Gasteiger partial charge on any atom is 0.269 e. The van der Waals surface area contributed by atoms with Crippen LogP contribution < -0.4 is 5.56 Å². The molecule has 0 aliphatic heterocycles. The number of hydrogen-bond donors (Lipinski definition) is 0. The molecular formula is C21H14FN3O3S. The van der Waals surface area contributed by atoms with Crippen LogP contribution in [0.1, 0.15) is 5.56 Å². The Morgan fingerprint density at radius 1 is 1.03 bits per heavy atom. The molecule has 0 unspecified atom stereocenters. The summed E-state index contributed by atoms with van der Waals surface area (Å²) in [5.41, 5.74) is 1.45. The minimum atomic E-state index is -0.495. The molecule has 4 rings (SSSR count). The number of hydrogen-bond acceptors (Lipinski definition) is 5.